The molecule has 2 aromatic carbocycles. The van der Waals surface area contributed by atoms with Crippen LogP contribution < -0.4 is 16.0 Å². The van der Waals surface area contributed by atoms with Crippen LogP contribution in [0.25, 0.3) is 10.9 Å². The van der Waals surface area contributed by atoms with Crippen LogP contribution in [0.1, 0.15) is 55.7 Å². The number of fused-ring (bicyclic) bond motifs is 4. The molecule has 3 heterocycles. The summed E-state index contributed by atoms with van der Waals surface area (Å²) in [6.45, 7) is -0.864. The lowest BCUT2D eigenvalue weighted by Crippen LogP contribution is -2.59. The number of nitrogens with zero attached hydrogens (tertiary/aromatic N) is 2. The quantitative estimate of drug-likeness (QED) is 0.362. The number of nitrogens with one attached hydrogen (secondary N) is 3. The van der Waals surface area contributed by atoms with E-state index in [1.807, 2.05) is 30.3 Å². The number of benzene rings is 2. The maximum Gasteiger partial charge on any atom is 0.401 e. The zero-order valence-electron chi connectivity index (χ0n) is 21.1. The molecule has 38 heavy (non-hydrogen) atoms. The van der Waals surface area contributed by atoms with Crippen LogP contribution in [0.5, 0.6) is 0 Å². The highest BCUT2D eigenvalue weighted by atomic mass is 19.4. The van der Waals surface area contributed by atoms with E-state index in [4.69, 9.17) is 4.98 Å². The van der Waals surface area contributed by atoms with Gasteiger partial charge in [-0.2, -0.15) is 13.2 Å². The Morgan fingerprint density at radius 3 is 2.58 bits per heavy atom. The Morgan fingerprint density at radius 1 is 1.00 bits per heavy atom. The predicted molar refractivity (Wildman–Crippen MR) is 142 cm³/mol. The van der Waals surface area contributed by atoms with Crippen molar-refractivity contribution < 1.29 is 18.0 Å². The number of carbonyl (C=O) groups excluding carboxylic acids is 1. The first-order chi connectivity index (χ1) is 18.3. The summed E-state index contributed by atoms with van der Waals surface area (Å²) in [6.07, 6.45) is 1.43. The molecule has 1 aromatic heterocycles. The lowest BCUT2D eigenvalue weighted by Gasteiger charge is -2.49. The second-order valence-electron chi connectivity index (χ2n) is 10.8. The minimum Gasteiger partial charge on any atom is -0.363 e. The van der Waals surface area contributed by atoms with E-state index in [1.54, 1.807) is 4.90 Å². The van der Waals surface area contributed by atoms with Crippen LogP contribution in [0, 0.1) is 0 Å². The molecule has 0 radical (unpaired) electrons. The third-order valence-corrected chi connectivity index (χ3v) is 8.23. The minimum absolute atomic E-state index is 0.133. The summed E-state index contributed by atoms with van der Waals surface area (Å²) in [5.41, 5.74) is 4.19. The topological polar surface area (TPSA) is 69.3 Å². The van der Waals surface area contributed by atoms with E-state index in [0.29, 0.717) is 18.5 Å². The molecule has 2 bridgehead atoms. The molecule has 3 aromatic rings. The van der Waals surface area contributed by atoms with Gasteiger partial charge in [-0.25, -0.2) is 9.78 Å². The number of alkyl halides is 3. The van der Waals surface area contributed by atoms with Crippen LogP contribution in [0.15, 0.2) is 54.6 Å². The summed E-state index contributed by atoms with van der Waals surface area (Å²) in [5, 5.41) is 10.4. The Kier molecular flexibility index (Phi) is 6.63. The summed E-state index contributed by atoms with van der Waals surface area (Å²) < 4.78 is 39.1. The smallest absolute Gasteiger partial charge is 0.363 e. The Morgan fingerprint density at radius 2 is 1.79 bits per heavy atom. The van der Waals surface area contributed by atoms with Crippen LogP contribution in [0.4, 0.5) is 29.5 Å². The molecular weight excluding hydrogens is 491 g/mol. The molecule has 3 aliphatic rings. The average molecular weight is 524 g/mol. The van der Waals surface area contributed by atoms with Gasteiger partial charge < -0.3 is 16.0 Å². The lowest BCUT2D eigenvalue weighted by atomic mass is 9.81. The summed E-state index contributed by atoms with van der Waals surface area (Å²) in [7, 11) is 0. The zero-order valence-corrected chi connectivity index (χ0v) is 21.1. The van der Waals surface area contributed by atoms with E-state index >= 15 is 0 Å². The van der Waals surface area contributed by atoms with Crippen molar-refractivity contribution in [1.29, 1.82) is 0 Å². The molecule has 0 spiro atoms. The van der Waals surface area contributed by atoms with Crippen molar-refractivity contribution in [1.82, 2.24) is 15.2 Å². The minimum atomic E-state index is -4.20. The molecule has 4 atom stereocenters. The van der Waals surface area contributed by atoms with Gasteiger partial charge in [0.25, 0.3) is 0 Å². The summed E-state index contributed by atoms with van der Waals surface area (Å²) in [6, 6.07) is 17.6. The molecular formula is C29H32F3N5O. The maximum atomic E-state index is 13.0. The van der Waals surface area contributed by atoms with Crippen molar-refractivity contribution in [2.24, 2.45) is 0 Å². The first kappa shape index (κ1) is 25.0. The molecule has 6 rings (SSSR count). The number of pyridine rings is 1. The fraction of sp³-hybridized carbons (Fsp3) is 0.448. The first-order valence-corrected chi connectivity index (χ1v) is 13.5. The highest BCUT2D eigenvalue weighted by Gasteiger charge is 2.43. The van der Waals surface area contributed by atoms with Crippen molar-refractivity contribution in [3.63, 3.8) is 0 Å². The molecule has 2 saturated heterocycles. The van der Waals surface area contributed by atoms with Crippen molar-refractivity contribution in [2.75, 3.05) is 17.2 Å². The Balaban J connectivity index is 1.07. The van der Waals surface area contributed by atoms with Gasteiger partial charge in [-0.1, -0.05) is 30.7 Å². The van der Waals surface area contributed by atoms with Crippen LogP contribution in [-0.2, 0) is 6.42 Å². The number of urea groups is 1. The van der Waals surface area contributed by atoms with E-state index in [2.05, 4.69) is 40.2 Å². The SMILES string of the molecule is O=C(Nc1ccc2nc(N[C@@H]3CCc4ccccc43)ccc2c1)N[C@@H]1C[C@H]2CCC[C@@H](C1)N2CC(F)(F)F. The fourth-order valence-electron chi connectivity index (χ4n) is 6.58. The number of carbonyl (C=O) groups is 1. The van der Waals surface area contributed by atoms with E-state index in [-0.39, 0.29) is 30.2 Å². The fourth-order valence-corrected chi connectivity index (χ4v) is 6.58. The molecule has 200 valence electrons. The van der Waals surface area contributed by atoms with Gasteiger partial charge in [0.05, 0.1) is 18.1 Å². The van der Waals surface area contributed by atoms with Crippen molar-refractivity contribution in [2.45, 2.75) is 75.3 Å². The number of aromatic nitrogens is 1. The third kappa shape index (κ3) is 5.43. The summed E-state index contributed by atoms with van der Waals surface area (Å²) in [5.74, 6) is 0.820. The van der Waals surface area contributed by atoms with Gasteiger partial charge in [-0.05, 0) is 80.0 Å². The number of halogens is 3. The van der Waals surface area contributed by atoms with Gasteiger partial charge in [0.15, 0.2) is 0 Å². The third-order valence-electron chi connectivity index (χ3n) is 8.23. The van der Waals surface area contributed by atoms with Gasteiger partial charge in [0.1, 0.15) is 5.82 Å². The monoisotopic (exact) mass is 523 g/mol. The summed E-state index contributed by atoms with van der Waals surface area (Å²) >= 11 is 0. The molecule has 3 N–H and O–H groups in total. The van der Waals surface area contributed by atoms with Crippen molar-refractivity contribution in [3.05, 3.63) is 65.7 Å². The molecule has 9 heteroatoms. The molecule has 0 unspecified atom stereocenters. The van der Waals surface area contributed by atoms with Crippen LogP contribution in [0.3, 0.4) is 0 Å². The number of hydrogen-bond donors (Lipinski definition) is 3. The average Bonchev–Trinajstić information content (AvgIpc) is 3.26. The molecule has 2 aliphatic heterocycles. The predicted octanol–water partition coefficient (Wildman–Crippen LogP) is 6.40. The maximum absolute atomic E-state index is 13.0. The highest BCUT2D eigenvalue weighted by Crippen LogP contribution is 2.36. The van der Waals surface area contributed by atoms with E-state index in [1.165, 1.54) is 11.1 Å². The number of piperidine rings is 2. The molecule has 2 fully saturated rings. The van der Waals surface area contributed by atoms with Crippen LogP contribution in [-0.4, -0.2) is 46.8 Å². The normalized spacial score (nSPS) is 25.1. The Bertz CT molecular complexity index is 1320. The van der Waals surface area contributed by atoms with Crippen molar-refractivity contribution >= 4 is 28.4 Å². The van der Waals surface area contributed by atoms with Crippen molar-refractivity contribution in [3.8, 4) is 0 Å². The largest absolute Gasteiger partial charge is 0.401 e. The van der Waals surface area contributed by atoms with Crippen LogP contribution >= 0.6 is 0 Å². The lowest BCUT2D eigenvalue weighted by molar-refractivity contribution is -0.166. The number of amides is 2. The van der Waals surface area contributed by atoms with Gasteiger partial charge in [-0.15, -0.1) is 0 Å². The number of hydrogen-bond acceptors (Lipinski definition) is 4. The van der Waals surface area contributed by atoms with Gasteiger partial charge >= 0.3 is 12.2 Å². The first-order valence-electron chi connectivity index (χ1n) is 13.5. The van der Waals surface area contributed by atoms with E-state index < -0.39 is 12.7 Å². The molecule has 6 nitrogen and oxygen atoms in total. The van der Waals surface area contributed by atoms with Gasteiger partial charge in [-0.3, -0.25) is 4.90 Å². The second kappa shape index (κ2) is 10.1. The molecule has 2 amide bonds. The highest BCUT2D eigenvalue weighted by molar-refractivity contribution is 5.93. The number of rotatable bonds is 5. The van der Waals surface area contributed by atoms with Crippen LogP contribution in [0.2, 0.25) is 0 Å². The van der Waals surface area contributed by atoms with E-state index in [9.17, 15) is 18.0 Å². The van der Waals surface area contributed by atoms with Gasteiger partial charge in [0.2, 0.25) is 0 Å². The Labute approximate surface area is 220 Å². The molecule has 1 aliphatic carbocycles. The number of anilines is 2. The van der Waals surface area contributed by atoms with E-state index in [0.717, 1.165) is 48.8 Å². The Hall–Kier alpha value is -3.33. The number of aryl methyl sites for hydroxylation is 1. The van der Waals surface area contributed by atoms with Gasteiger partial charge in [0, 0.05) is 29.2 Å². The summed E-state index contributed by atoms with van der Waals surface area (Å²) in [4.78, 5) is 19.1. The zero-order chi connectivity index (χ0) is 26.3. The molecule has 0 saturated carbocycles. The second-order valence-corrected chi connectivity index (χ2v) is 10.8. The standard InChI is InChI=1S/C29H32F3N5O/c30-29(31,32)17-37-22-5-3-6-23(37)16-21(15-22)34-28(38)33-20-10-12-25-19(14-20)9-13-27(35-25)36-26-11-8-18-4-1-2-7-24(18)26/h1-2,4,7,9-10,12-14,21-23,26H,3,5-6,8,11,15-17H2,(H,35,36)(H2,33,34,38)/t21-,22-,23+,26-/m1/s1.